The van der Waals surface area contributed by atoms with Crippen LogP contribution in [0.2, 0.25) is 0 Å². The fraction of sp³-hybridized carbons (Fsp3) is 0.0526. The number of carbonyl (C=O) groups is 1. The molecule has 0 unspecified atom stereocenters. The molecule has 2 N–H and O–H groups in total. The lowest BCUT2D eigenvalue weighted by Crippen LogP contribution is -2.25. The zero-order chi connectivity index (χ0) is 21.0. The highest BCUT2D eigenvalue weighted by atomic mass is 32.2. The van der Waals surface area contributed by atoms with Crippen LogP contribution >= 0.6 is 11.3 Å². The number of rotatable bonds is 7. The molecule has 10 heteroatoms. The van der Waals surface area contributed by atoms with Crippen molar-refractivity contribution in [2.24, 2.45) is 0 Å². The third-order valence-corrected chi connectivity index (χ3v) is 5.96. The first-order chi connectivity index (χ1) is 13.8. The van der Waals surface area contributed by atoms with E-state index >= 15 is 0 Å². The van der Waals surface area contributed by atoms with Gasteiger partial charge in [0.15, 0.2) is 5.13 Å². The first kappa shape index (κ1) is 20.8. The predicted octanol–water partition coefficient (Wildman–Crippen LogP) is 3.80. The van der Waals surface area contributed by atoms with Crippen molar-refractivity contribution in [3.05, 3.63) is 77.7 Å². The van der Waals surface area contributed by atoms with Crippen LogP contribution in [0.5, 0.6) is 0 Å². The van der Waals surface area contributed by atoms with E-state index in [-0.39, 0.29) is 23.1 Å². The van der Waals surface area contributed by atoms with Crippen LogP contribution in [0, 0.1) is 11.6 Å². The number of hydrogen-bond acceptors (Lipinski definition) is 5. The van der Waals surface area contributed by atoms with Crippen molar-refractivity contribution in [2.45, 2.75) is 4.90 Å². The molecule has 0 atom stereocenters. The average Bonchev–Trinajstić information content (AvgIpc) is 3.15. The molecule has 0 aliphatic carbocycles. The quantitative estimate of drug-likeness (QED) is 0.553. The number of anilines is 1. The van der Waals surface area contributed by atoms with E-state index in [9.17, 15) is 22.0 Å². The minimum atomic E-state index is -4.14. The van der Waals surface area contributed by atoms with Gasteiger partial charge in [-0.2, -0.15) is 0 Å². The maximum absolute atomic E-state index is 14.0. The minimum Gasteiger partial charge on any atom is -0.298 e. The molecular weight excluding hydrogens is 420 g/mol. The standard InChI is InChI=1S/C19H15F2N3O3S2/c1-2-9-22-29(26,27)17-10-13(5-8-15(17)21)18(25)24-19-23-16(11-28-19)12-3-6-14(20)7-4-12/h2-8,10-11,22H,1,9H2,(H,23,24,25). The lowest BCUT2D eigenvalue weighted by molar-refractivity contribution is 0.102. The summed E-state index contributed by atoms with van der Waals surface area (Å²) in [6.45, 7) is 3.31. The van der Waals surface area contributed by atoms with E-state index < -0.39 is 26.6 Å². The van der Waals surface area contributed by atoms with Crippen molar-refractivity contribution in [1.29, 1.82) is 0 Å². The monoisotopic (exact) mass is 435 g/mol. The van der Waals surface area contributed by atoms with Crippen LogP contribution in [-0.4, -0.2) is 25.9 Å². The van der Waals surface area contributed by atoms with Gasteiger partial charge in [0.05, 0.1) is 5.69 Å². The Labute approximate surface area is 170 Å². The Morgan fingerprint density at radius 2 is 1.90 bits per heavy atom. The Morgan fingerprint density at radius 3 is 2.59 bits per heavy atom. The Kier molecular flexibility index (Phi) is 6.16. The Morgan fingerprint density at radius 1 is 1.17 bits per heavy atom. The van der Waals surface area contributed by atoms with E-state index in [0.29, 0.717) is 11.3 Å². The number of carbonyl (C=O) groups excluding carboxylic acids is 1. The second-order valence-electron chi connectivity index (χ2n) is 5.78. The van der Waals surface area contributed by atoms with Crippen molar-refractivity contribution in [2.75, 3.05) is 11.9 Å². The van der Waals surface area contributed by atoms with Gasteiger partial charge in [0.1, 0.15) is 16.5 Å². The molecule has 0 fully saturated rings. The van der Waals surface area contributed by atoms with E-state index in [2.05, 4.69) is 21.6 Å². The molecule has 6 nitrogen and oxygen atoms in total. The second-order valence-corrected chi connectivity index (χ2v) is 8.38. The van der Waals surface area contributed by atoms with Crippen LogP contribution < -0.4 is 10.0 Å². The number of aromatic nitrogens is 1. The van der Waals surface area contributed by atoms with Crippen LogP contribution in [0.1, 0.15) is 10.4 Å². The average molecular weight is 435 g/mol. The normalized spacial score (nSPS) is 11.2. The molecule has 1 heterocycles. The summed E-state index contributed by atoms with van der Waals surface area (Å²) in [5, 5.41) is 4.48. The van der Waals surface area contributed by atoms with Gasteiger partial charge in [-0.1, -0.05) is 6.08 Å². The Balaban J connectivity index is 1.80. The fourth-order valence-corrected chi connectivity index (χ4v) is 4.16. The van der Waals surface area contributed by atoms with Gasteiger partial charge in [0.25, 0.3) is 5.91 Å². The Bertz CT molecular complexity index is 1160. The number of amides is 1. The molecule has 2 aromatic carbocycles. The number of benzene rings is 2. The molecule has 29 heavy (non-hydrogen) atoms. The smallest absolute Gasteiger partial charge is 0.257 e. The number of nitrogens with one attached hydrogen (secondary N) is 2. The molecule has 3 rings (SSSR count). The number of hydrogen-bond donors (Lipinski definition) is 2. The van der Waals surface area contributed by atoms with Gasteiger partial charge in [-0.05, 0) is 42.5 Å². The third-order valence-electron chi connectivity index (χ3n) is 3.77. The predicted molar refractivity (Wildman–Crippen MR) is 107 cm³/mol. The first-order valence-electron chi connectivity index (χ1n) is 8.23. The zero-order valence-corrected chi connectivity index (χ0v) is 16.5. The van der Waals surface area contributed by atoms with Crippen molar-refractivity contribution in [3.8, 4) is 11.3 Å². The van der Waals surface area contributed by atoms with E-state index in [0.717, 1.165) is 23.5 Å². The third kappa shape index (κ3) is 4.91. The molecule has 0 saturated heterocycles. The van der Waals surface area contributed by atoms with Gasteiger partial charge >= 0.3 is 0 Å². The maximum atomic E-state index is 14.0. The molecule has 0 aliphatic heterocycles. The van der Waals surface area contributed by atoms with Crippen LogP contribution in [0.15, 0.2) is 65.4 Å². The van der Waals surface area contributed by atoms with Crippen LogP contribution in [-0.2, 0) is 10.0 Å². The highest BCUT2D eigenvalue weighted by Gasteiger charge is 2.21. The van der Waals surface area contributed by atoms with Gasteiger partial charge in [0.2, 0.25) is 10.0 Å². The van der Waals surface area contributed by atoms with Crippen molar-refractivity contribution in [1.82, 2.24) is 9.71 Å². The first-order valence-corrected chi connectivity index (χ1v) is 10.6. The molecule has 0 radical (unpaired) electrons. The van der Waals surface area contributed by atoms with Crippen LogP contribution in [0.4, 0.5) is 13.9 Å². The van der Waals surface area contributed by atoms with Crippen LogP contribution in [0.25, 0.3) is 11.3 Å². The zero-order valence-electron chi connectivity index (χ0n) is 14.9. The van der Waals surface area contributed by atoms with Crippen LogP contribution in [0.3, 0.4) is 0 Å². The second kappa shape index (κ2) is 8.60. The van der Waals surface area contributed by atoms with E-state index in [1.807, 2.05) is 0 Å². The summed E-state index contributed by atoms with van der Waals surface area (Å²) in [4.78, 5) is 16.1. The number of nitrogens with zero attached hydrogens (tertiary/aromatic N) is 1. The van der Waals surface area contributed by atoms with E-state index in [1.54, 1.807) is 17.5 Å². The summed E-state index contributed by atoms with van der Waals surface area (Å²) in [5.41, 5.74) is 1.16. The van der Waals surface area contributed by atoms with Gasteiger partial charge in [-0.15, -0.1) is 17.9 Å². The van der Waals surface area contributed by atoms with Gasteiger partial charge in [-0.25, -0.2) is 26.9 Å². The Hall–Kier alpha value is -2.95. The number of halogens is 2. The van der Waals surface area contributed by atoms with Gasteiger partial charge in [-0.3, -0.25) is 10.1 Å². The molecule has 0 bridgehead atoms. The number of thiazole rings is 1. The van der Waals surface area contributed by atoms with Gasteiger partial charge < -0.3 is 0 Å². The van der Waals surface area contributed by atoms with E-state index in [1.165, 1.54) is 24.3 Å². The molecule has 3 aromatic rings. The largest absolute Gasteiger partial charge is 0.298 e. The lowest BCUT2D eigenvalue weighted by atomic mass is 10.2. The highest BCUT2D eigenvalue weighted by Crippen LogP contribution is 2.26. The molecule has 1 amide bonds. The summed E-state index contributed by atoms with van der Waals surface area (Å²) in [6.07, 6.45) is 1.31. The summed E-state index contributed by atoms with van der Waals surface area (Å²) >= 11 is 1.14. The highest BCUT2D eigenvalue weighted by molar-refractivity contribution is 7.89. The molecule has 0 saturated carbocycles. The topological polar surface area (TPSA) is 88.2 Å². The molecule has 150 valence electrons. The molecule has 1 aromatic heterocycles. The molecular formula is C19H15F2N3O3S2. The summed E-state index contributed by atoms with van der Waals surface area (Å²) in [5.74, 6) is -2.00. The maximum Gasteiger partial charge on any atom is 0.257 e. The molecule has 0 spiro atoms. The summed E-state index contributed by atoms with van der Waals surface area (Å²) in [7, 11) is -4.14. The van der Waals surface area contributed by atoms with Crippen molar-refractivity contribution < 1.29 is 22.0 Å². The molecule has 0 aliphatic rings. The summed E-state index contributed by atoms with van der Waals surface area (Å²) in [6, 6.07) is 8.74. The van der Waals surface area contributed by atoms with Gasteiger partial charge in [0, 0.05) is 23.1 Å². The SMILES string of the molecule is C=CCNS(=O)(=O)c1cc(C(=O)Nc2nc(-c3ccc(F)cc3)cs2)ccc1F. The van der Waals surface area contributed by atoms with Crippen molar-refractivity contribution in [3.63, 3.8) is 0 Å². The lowest BCUT2D eigenvalue weighted by Gasteiger charge is -2.08. The van der Waals surface area contributed by atoms with Crippen molar-refractivity contribution >= 4 is 32.4 Å². The number of sulfonamides is 1. The van der Waals surface area contributed by atoms with E-state index in [4.69, 9.17) is 0 Å². The fourth-order valence-electron chi connectivity index (χ4n) is 2.35. The minimum absolute atomic E-state index is 0.0519. The summed E-state index contributed by atoms with van der Waals surface area (Å²) < 4.78 is 53.5.